The van der Waals surface area contributed by atoms with Gasteiger partial charge in [0.25, 0.3) is 0 Å². The lowest BCUT2D eigenvalue weighted by Crippen LogP contribution is -2.61. The molecular formula is C25H38N6OS. The Labute approximate surface area is 202 Å². The highest BCUT2D eigenvalue weighted by molar-refractivity contribution is 7.80. The molecule has 2 aromatic heterocycles. The fraction of sp³-hybridized carbons (Fsp3) is 0.720. The second-order valence-electron chi connectivity index (χ2n) is 10.6. The quantitative estimate of drug-likeness (QED) is 0.376. The number of aryl methyl sites for hydroxylation is 2. The maximum atomic E-state index is 6.11. The average Bonchev–Trinajstić information content (AvgIpc) is 3.13. The van der Waals surface area contributed by atoms with Gasteiger partial charge in [-0.1, -0.05) is 0 Å². The summed E-state index contributed by atoms with van der Waals surface area (Å²) < 4.78 is 7.92. The van der Waals surface area contributed by atoms with Crippen molar-refractivity contribution in [2.45, 2.75) is 83.9 Å². The van der Waals surface area contributed by atoms with Crippen LogP contribution in [0.25, 0.3) is 11.0 Å². The summed E-state index contributed by atoms with van der Waals surface area (Å²) in [5.74, 6) is 4.18. The fourth-order valence-electron chi connectivity index (χ4n) is 7.06. The van der Waals surface area contributed by atoms with Crippen LogP contribution in [0.5, 0.6) is 0 Å². The number of nitrogens with one attached hydrogen (secondary N) is 2. The van der Waals surface area contributed by atoms with Crippen molar-refractivity contribution >= 4 is 34.2 Å². The summed E-state index contributed by atoms with van der Waals surface area (Å²) in [6.45, 7) is 6.97. The first-order valence-corrected chi connectivity index (χ1v) is 13.1. The molecule has 0 amide bonds. The maximum Gasteiger partial charge on any atom is 0.166 e. The number of ether oxygens (including phenoxy) is 1. The molecule has 4 saturated carbocycles. The van der Waals surface area contributed by atoms with Gasteiger partial charge in [-0.05, 0) is 101 Å². The van der Waals surface area contributed by atoms with Gasteiger partial charge in [0.05, 0.1) is 5.52 Å². The summed E-state index contributed by atoms with van der Waals surface area (Å²) in [6, 6.07) is 0. The third kappa shape index (κ3) is 4.69. The normalized spacial score (nSPS) is 27.9. The summed E-state index contributed by atoms with van der Waals surface area (Å²) >= 11 is 5.71. The highest BCUT2D eigenvalue weighted by atomic mass is 32.1. The number of nitrogen functional groups attached to an aromatic ring is 1. The van der Waals surface area contributed by atoms with Crippen LogP contribution in [0.2, 0.25) is 0 Å². The number of rotatable bonds is 9. The summed E-state index contributed by atoms with van der Waals surface area (Å²) in [7, 11) is 0. The highest BCUT2D eigenvalue weighted by Gasteiger charge is 2.51. The van der Waals surface area contributed by atoms with Crippen LogP contribution < -0.4 is 16.4 Å². The van der Waals surface area contributed by atoms with Gasteiger partial charge in [0, 0.05) is 31.4 Å². The summed E-state index contributed by atoms with van der Waals surface area (Å²) in [4.78, 5) is 9.02. The van der Waals surface area contributed by atoms with E-state index in [9.17, 15) is 0 Å². The lowest BCUT2D eigenvalue weighted by Gasteiger charge is -2.57. The van der Waals surface area contributed by atoms with Gasteiger partial charge in [-0.3, -0.25) is 0 Å². The fourth-order valence-corrected chi connectivity index (χ4v) is 7.37. The van der Waals surface area contributed by atoms with E-state index in [1.807, 2.05) is 13.1 Å². The van der Waals surface area contributed by atoms with E-state index in [1.54, 1.807) is 0 Å². The number of fused-ring (bicyclic) bond motifs is 1. The minimum absolute atomic E-state index is 0.272. The number of nitrogens with zero attached hydrogens (tertiary/aromatic N) is 3. The lowest BCUT2D eigenvalue weighted by molar-refractivity contribution is -0.0101. The first-order valence-electron chi connectivity index (χ1n) is 12.7. The van der Waals surface area contributed by atoms with Gasteiger partial charge in [-0.2, -0.15) is 0 Å². The van der Waals surface area contributed by atoms with E-state index in [0.29, 0.717) is 19.0 Å². The number of nitrogens with two attached hydrogens (primary N) is 1. The van der Waals surface area contributed by atoms with Crippen molar-refractivity contribution in [1.82, 2.24) is 25.2 Å². The van der Waals surface area contributed by atoms with Crippen LogP contribution >= 0.6 is 12.2 Å². The van der Waals surface area contributed by atoms with E-state index < -0.39 is 0 Å². The number of hydrogen-bond donors (Lipinski definition) is 3. The molecule has 6 rings (SSSR count). The van der Waals surface area contributed by atoms with Gasteiger partial charge >= 0.3 is 0 Å². The Morgan fingerprint density at radius 1 is 1.21 bits per heavy atom. The predicted octanol–water partition coefficient (Wildman–Crippen LogP) is 4.07. The van der Waals surface area contributed by atoms with E-state index in [0.717, 1.165) is 71.2 Å². The van der Waals surface area contributed by atoms with Crippen LogP contribution in [-0.4, -0.2) is 38.3 Å². The van der Waals surface area contributed by atoms with Crippen LogP contribution in [-0.2, 0) is 17.9 Å². The van der Waals surface area contributed by atoms with Crippen molar-refractivity contribution in [1.29, 1.82) is 0 Å². The maximum absolute atomic E-state index is 6.11. The molecule has 180 valence electrons. The van der Waals surface area contributed by atoms with Crippen LogP contribution in [0.4, 0.5) is 5.82 Å². The Bertz CT molecular complexity index is 983. The van der Waals surface area contributed by atoms with E-state index in [2.05, 4.69) is 27.1 Å². The molecule has 4 aliphatic carbocycles. The van der Waals surface area contributed by atoms with Gasteiger partial charge in [-0.15, -0.1) is 0 Å². The molecule has 0 spiro atoms. The van der Waals surface area contributed by atoms with Gasteiger partial charge in [0.2, 0.25) is 0 Å². The molecule has 4 fully saturated rings. The Morgan fingerprint density at radius 3 is 2.58 bits per heavy atom. The number of pyridine rings is 1. The zero-order chi connectivity index (χ0) is 23.0. The first-order chi connectivity index (χ1) is 16.0. The van der Waals surface area contributed by atoms with Crippen LogP contribution in [0.1, 0.15) is 69.7 Å². The third-order valence-corrected chi connectivity index (χ3v) is 8.25. The second kappa shape index (κ2) is 9.37. The molecule has 7 nitrogen and oxygen atoms in total. The number of hydrogen-bond acceptors (Lipinski definition) is 5. The monoisotopic (exact) mass is 470 g/mol. The van der Waals surface area contributed by atoms with Crippen molar-refractivity contribution in [3.8, 4) is 0 Å². The van der Waals surface area contributed by atoms with Crippen LogP contribution in [0.3, 0.4) is 0 Å². The largest absolute Gasteiger partial charge is 0.382 e. The minimum atomic E-state index is 0.272. The van der Waals surface area contributed by atoms with Crippen LogP contribution in [0, 0.1) is 24.7 Å². The number of anilines is 1. The molecule has 8 heteroatoms. The molecule has 33 heavy (non-hydrogen) atoms. The molecule has 0 atom stereocenters. The first kappa shape index (κ1) is 22.8. The van der Waals surface area contributed by atoms with Crippen molar-refractivity contribution in [2.24, 2.45) is 17.8 Å². The predicted molar refractivity (Wildman–Crippen MR) is 136 cm³/mol. The molecule has 0 aliphatic heterocycles. The Hall–Kier alpha value is -1.93. The Morgan fingerprint density at radius 2 is 1.91 bits per heavy atom. The molecule has 4 N–H and O–H groups in total. The molecule has 0 radical (unpaired) electrons. The Balaban J connectivity index is 1.14. The zero-order valence-corrected chi connectivity index (χ0v) is 20.8. The molecule has 0 saturated heterocycles. The van der Waals surface area contributed by atoms with Gasteiger partial charge in [-0.25, -0.2) is 9.97 Å². The highest BCUT2D eigenvalue weighted by Crippen LogP contribution is 2.55. The van der Waals surface area contributed by atoms with Gasteiger partial charge in [0.1, 0.15) is 17.9 Å². The third-order valence-electron chi connectivity index (χ3n) is 8.01. The van der Waals surface area contributed by atoms with E-state index in [1.165, 1.54) is 38.5 Å². The Kier molecular flexibility index (Phi) is 6.49. The number of imidazole rings is 1. The van der Waals surface area contributed by atoms with Crippen molar-refractivity contribution < 1.29 is 4.74 Å². The summed E-state index contributed by atoms with van der Waals surface area (Å²) in [6.07, 6.45) is 12.2. The number of thiocarbonyl (C=S) groups is 1. The molecule has 4 bridgehead atoms. The van der Waals surface area contributed by atoms with E-state index in [-0.39, 0.29) is 5.54 Å². The van der Waals surface area contributed by atoms with Crippen molar-refractivity contribution in [2.75, 3.05) is 18.9 Å². The van der Waals surface area contributed by atoms with E-state index >= 15 is 0 Å². The number of aromatic nitrogens is 3. The lowest BCUT2D eigenvalue weighted by atomic mass is 9.53. The second-order valence-corrected chi connectivity index (χ2v) is 11.0. The molecule has 4 aliphatic rings. The van der Waals surface area contributed by atoms with E-state index in [4.69, 9.17) is 27.7 Å². The topological polar surface area (TPSA) is 90.0 Å². The summed E-state index contributed by atoms with van der Waals surface area (Å²) in [5, 5.41) is 8.10. The van der Waals surface area contributed by atoms with Gasteiger partial charge in [0.15, 0.2) is 10.9 Å². The molecule has 2 heterocycles. The van der Waals surface area contributed by atoms with Gasteiger partial charge < -0.3 is 25.7 Å². The molecule has 0 unspecified atom stereocenters. The smallest absolute Gasteiger partial charge is 0.166 e. The van der Waals surface area contributed by atoms with Crippen LogP contribution in [0.15, 0.2) is 6.20 Å². The standard InChI is InChI=1S/C25H38N6OS/c1-3-32-15-20-29-21-22(16(2)14-28-23(21)26)31(20)7-5-4-6-27-24(33)30-25-11-17-8-18(12-25)10-19(9-17)13-25/h14,17-19H,3-13,15H2,1-2H3,(H2,26,28)(H2,27,30,33). The van der Waals surface area contributed by atoms with Crippen molar-refractivity contribution in [3.05, 3.63) is 17.6 Å². The SMILES string of the molecule is CCOCc1nc2c(N)ncc(C)c2n1CCCCNC(=S)NC12CC3CC(CC(C3)C1)C2. The number of unbranched alkanes of at least 4 members (excludes halogenated alkanes) is 1. The van der Waals surface area contributed by atoms with Crippen molar-refractivity contribution in [3.63, 3.8) is 0 Å². The minimum Gasteiger partial charge on any atom is -0.382 e. The summed E-state index contributed by atoms with van der Waals surface area (Å²) in [5.41, 5.74) is 9.33. The molecule has 2 aromatic rings. The zero-order valence-electron chi connectivity index (χ0n) is 20.0. The molecule has 0 aromatic carbocycles. The molecular weight excluding hydrogens is 432 g/mol. The average molecular weight is 471 g/mol.